The summed E-state index contributed by atoms with van der Waals surface area (Å²) in [6.07, 6.45) is 6.77. The summed E-state index contributed by atoms with van der Waals surface area (Å²) in [5.74, 6) is 1.85. The lowest BCUT2D eigenvalue weighted by Crippen LogP contribution is -2.37. The Bertz CT molecular complexity index is 237. The van der Waals surface area contributed by atoms with E-state index < -0.39 is 0 Å². The molecule has 1 saturated carbocycles. The lowest BCUT2D eigenvalue weighted by atomic mass is 9.82. The third-order valence-corrected chi connectivity index (χ3v) is 4.29. The number of ether oxygens (including phenoxy) is 2. The van der Waals surface area contributed by atoms with E-state index in [1.54, 1.807) is 0 Å². The van der Waals surface area contributed by atoms with Crippen LogP contribution in [0.25, 0.3) is 0 Å². The minimum atomic E-state index is 0.523. The topological polar surface area (TPSA) is 28.3 Å². The average Bonchev–Trinajstić information content (AvgIpc) is 3.13. The number of hydrogen-bond donors (Lipinski definition) is 0. The standard InChI is InChI=1S/C14H25NO2/c1-11-3-2-4-12(5-11)6-15(7-13-9-16-13)8-14-10-17-14/h11-14H,2-10H2,1H3. The summed E-state index contributed by atoms with van der Waals surface area (Å²) in [7, 11) is 0. The molecule has 0 radical (unpaired) electrons. The van der Waals surface area contributed by atoms with E-state index in [1.165, 1.54) is 32.2 Å². The summed E-state index contributed by atoms with van der Waals surface area (Å²) in [5, 5.41) is 0. The van der Waals surface area contributed by atoms with Crippen LogP contribution in [0.4, 0.5) is 0 Å². The zero-order valence-corrected chi connectivity index (χ0v) is 10.9. The first kappa shape index (κ1) is 11.9. The van der Waals surface area contributed by atoms with Gasteiger partial charge in [0.15, 0.2) is 0 Å². The van der Waals surface area contributed by atoms with Crippen molar-refractivity contribution >= 4 is 0 Å². The molecule has 0 bridgehead atoms. The molecule has 4 unspecified atom stereocenters. The highest BCUT2D eigenvalue weighted by Crippen LogP contribution is 2.30. The summed E-state index contributed by atoms with van der Waals surface area (Å²) in [5.41, 5.74) is 0. The van der Waals surface area contributed by atoms with Crippen LogP contribution >= 0.6 is 0 Å². The van der Waals surface area contributed by atoms with Crippen LogP contribution in [0.3, 0.4) is 0 Å². The first-order chi connectivity index (χ1) is 8.29. The van der Waals surface area contributed by atoms with Gasteiger partial charge in [-0.2, -0.15) is 0 Å². The molecule has 3 nitrogen and oxygen atoms in total. The van der Waals surface area contributed by atoms with Gasteiger partial charge in [0.25, 0.3) is 0 Å². The van der Waals surface area contributed by atoms with E-state index in [-0.39, 0.29) is 0 Å². The minimum Gasteiger partial charge on any atom is -0.372 e. The summed E-state index contributed by atoms with van der Waals surface area (Å²) in [4.78, 5) is 2.60. The molecule has 4 atom stereocenters. The first-order valence-electron chi connectivity index (χ1n) is 7.25. The second kappa shape index (κ2) is 5.25. The monoisotopic (exact) mass is 239 g/mol. The summed E-state index contributed by atoms with van der Waals surface area (Å²) in [6, 6.07) is 0. The Balaban J connectivity index is 1.46. The lowest BCUT2D eigenvalue weighted by Gasteiger charge is -2.31. The molecule has 0 N–H and O–H groups in total. The highest BCUT2D eigenvalue weighted by Gasteiger charge is 2.32. The fourth-order valence-electron chi connectivity index (χ4n) is 3.24. The van der Waals surface area contributed by atoms with Crippen molar-refractivity contribution in [1.29, 1.82) is 0 Å². The van der Waals surface area contributed by atoms with Crippen LogP contribution in [0.2, 0.25) is 0 Å². The maximum absolute atomic E-state index is 5.37. The second-order valence-electron chi connectivity index (χ2n) is 6.27. The van der Waals surface area contributed by atoms with Gasteiger partial charge in [-0.3, -0.25) is 4.90 Å². The van der Waals surface area contributed by atoms with Crippen molar-refractivity contribution in [3.63, 3.8) is 0 Å². The molecule has 0 aromatic rings. The van der Waals surface area contributed by atoms with Crippen LogP contribution in [-0.2, 0) is 9.47 Å². The van der Waals surface area contributed by atoms with Crippen molar-refractivity contribution in [2.45, 2.75) is 44.8 Å². The summed E-state index contributed by atoms with van der Waals surface area (Å²) in [6.45, 7) is 7.89. The van der Waals surface area contributed by atoms with Gasteiger partial charge in [0, 0.05) is 19.6 Å². The first-order valence-corrected chi connectivity index (χ1v) is 7.25. The Kier molecular flexibility index (Phi) is 3.69. The minimum absolute atomic E-state index is 0.523. The van der Waals surface area contributed by atoms with E-state index in [9.17, 15) is 0 Å². The van der Waals surface area contributed by atoms with Crippen molar-refractivity contribution in [1.82, 2.24) is 4.90 Å². The molecule has 2 heterocycles. The van der Waals surface area contributed by atoms with E-state index in [0.717, 1.165) is 38.1 Å². The molecule has 3 rings (SSSR count). The van der Waals surface area contributed by atoms with E-state index in [0.29, 0.717) is 12.2 Å². The van der Waals surface area contributed by atoms with Crippen molar-refractivity contribution in [2.24, 2.45) is 11.8 Å². The molecule has 1 aliphatic carbocycles. The Hall–Kier alpha value is -0.120. The van der Waals surface area contributed by atoms with Gasteiger partial charge in [0.2, 0.25) is 0 Å². The van der Waals surface area contributed by atoms with Crippen LogP contribution in [0, 0.1) is 11.8 Å². The van der Waals surface area contributed by atoms with Crippen molar-refractivity contribution in [3.8, 4) is 0 Å². The van der Waals surface area contributed by atoms with Gasteiger partial charge < -0.3 is 9.47 Å². The molecule has 0 aromatic carbocycles. The van der Waals surface area contributed by atoms with Crippen molar-refractivity contribution in [2.75, 3.05) is 32.8 Å². The SMILES string of the molecule is CC1CCCC(CN(CC2CO2)CC2CO2)C1. The molecule has 17 heavy (non-hydrogen) atoms. The van der Waals surface area contributed by atoms with Crippen LogP contribution in [0.15, 0.2) is 0 Å². The van der Waals surface area contributed by atoms with E-state index >= 15 is 0 Å². The number of epoxide rings is 2. The predicted molar refractivity (Wildman–Crippen MR) is 67.0 cm³/mol. The maximum atomic E-state index is 5.37. The van der Waals surface area contributed by atoms with E-state index in [2.05, 4.69) is 11.8 Å². The number of nitrogens with zero attached hydrogens (tertiary/aromatic N) is 1. The lowest BCUT2D eigenvalue weighted by molar-refractivity contribution is 0.158. The normalized spacial score (nSPS) is 40.6. The number of rotatable bonds is 6. The van der Waals surface area contributed by atoms with Crippen LogP contribution in [0.1, 0.15) is 32.6 Å². The Morgan fingerprint density at radius 2 is 1.65 bits per heavy atom. The van der Waals surface area contributed by atoms with E-state index in [4.69, 9.17) is 9.47 Å². The molecule has 2 saturated heterocycles. The molecule has 0 spiro atoms. The molecule has 98 valence electrons. The maximum Gasteiger partial charge on any atom is 0.0936 e. The molecular formula is C14H25NO2. The molecule has 3 aliphatic rings. The van der Waals surface area contributed by atoms with E-state index in [1.807, 2.05) is 0 Å². The zero-order valence-electron chi connectivity index (χ0n) is 10.9. The van der Waals surface area contributed by atoms with Gasteiger partial charge in [-0.05, 0) is 24.7 Å². The highest BCUT2D eigenvalue weighted by molar-refractivity contribution is 4.82. The molecular weight excluding hydrogens is 214 g/mol. The van der Waals surface area contributed by atoms with Gasteiger partial charge in [0.1, 0.15) is 0 Å². The summed E-state index contributed by atoms with van der Waals surface area (Å²) >= 11 is 0. The third-order valence-electron chi connectivity index (χ3n) is 4.29. The number of hydrogen-bond acceptors (Lipinski definition) is 3. The smallest absolute Gasteiger partial charge is 0.0936 e. The Morgan fingerprint density at radius 1 is 1.00 bits per heavy atom. The van der Waals surface area contributed by atoms with Gasteiger partial charge in [-0.25, -0.2) is 0 Å². The fraction of sp³-hybridized carbons (Fsp3) is 1.00. The molecule has 3 heteroatoms. The molecule has 2 aliphatic heterocycles. The zero-order chi connectivity index (χ0) is 11.7. The second-order valence-corrected chi connectivity index (χ2v) is 6.27. The van der Waals surface area contributed by atoms with Crippen LogP contribution in [-0.4, -0.2) is 50.0 Å². The largest absolute Gasteiger partial charge is 0.372 e. The molecule has 0 aromatic heterocycles. The average molecular weight is 239 g/mol. The summed E-state index contributed by atoms with van der Waals surface area (Å²) < 4.78 is 10.7. The van der Waals surface area contributed by atoms with Crippen molar-refractivity contribution < 1.29 is 9.47 Å². The Morgan fingerprint density at radius 3 is 2.18 bits per heavy atom. The van der Waals surface area contributed by atoms with Crippen LogP contribution in [0.5, 0.6) is 0 Å². The van der Waals surface area contributed by atoms with Gasteiger partial charge >= 0.3 is 0 Å². The van der Waals surface area contributed by atoms with Gasteiger partial charge in [-0.15, -0.1) is 0 Å². The van der Waals surface area contributed by atoms with Crippen LogP contribution < -0.4 is 0 Å². The Labute approximate surface area is 104 Å². The highest BCUT2D eigenvalue weighted by atomic mass is 16.6. The quantitative estimate of drug-likeness (QED) is 0.663. The molecule has 0 amide bonds. The van der Waals surface area contributed by atoms with Gasteiger partial charge in [-0.1, -0.05) is 19.8 Å². The predicted octanol–water partition coefficient (Wildman–Crippen LogP) is 1.91. The molecule has 3 fully saturated rings. The van der Waals surface area contributed by atoms with Gasteiger partial charge in [0.05, 0.1) is 25.4 Å². The van der Waals surface area contributed by atoms with Crippen molar-refractivity contribution in [3.05, 3.63) is 0 Å². The fourth-order valence-corrected chi connectivity index (χ4v) is 3.24. The third kappa shape index (κ3) is 3.94.